The van der Waals surface area contributed by atoms with E-state index in [0.29, 0.717) is 31.5 Å². The topological polar surface area (TPSA) is 73.7 Å². The SMILES string of the molecule is CN(C)c1cc(C(=O)N2CCC(C(=O)O)CC2)ccn1. The Morgan fingerprint density at radius 2 is 2.00 bits per heavy atom. The first-order valence-electron chi connectivity index (χ1n) is 6.64. The molecule has 20 heavy (non-hydrogen) atoms. The summed E-state index contributed by atoms with van der Waals surface area (Å²) in [5.74, 6) is -0.416. The summed E-state index contributed by atoms with van der Waals surface area (Å²) in [6, 6.07) is 3.45. The van der Waals surface area contributed by atoms with Gasteiger partial charge in [0.15, 0.2) is 0 Å². The van der Waals surface area contributed by atoms with Crippen LogP contribution < -0.4 is 4.90 Å². The molecule has 2 heterocycles. The third-order valence-electron chi connectivity index (χ3n) is 3.58. The number of carbonyl (C=O) groups excluding carboxylic acids is 1. The molecule has 0 bridgehead atoms. The van der Waals surface area contributed by atoms with Gasteiger partial charge in [0.2, 0.25) is 0 Å². The monoisotopic (exact) mass is 277 g/mol. The van der Waals surface area contributed by atoms with Crippen molar-refractivity contribution in [1.29, 1.82) is 0 Å². The molecule has 1 amide bonds. The second-order valence-electron chi connectivity index (χ2n) is 5.20. The van der Waals surface area contributed by atoms with Crippen molar-refractivity contribution in [2.75, 3.05) is 32.1 Å². The minimum absolute atomic E-state index is 0.0562. The number of piperidine rings is 1. The number of carbonyl (C=O) groups is 2. The zero-order valence-corrected chi connectivity index (χ0v) is 11.7. The predicted molar refractivity (Wildman–Crippen MR) is 74.8 cm³/mol. The van der Waals surface area contributed by atoms with Gasteiger partial charge in [-0.05, 0) is 25.0 Å². The largest absolute Gasteiger partial charge is 0.481 e. The first-order chi connectivity index (χ1) is 9.49. The molecule has 108 valence electrons. The summed E-state index contributed by atoms with van der Waals surface area (Å²) >= 11 is 0. The Morgan fingerprint density at radius 1 is 1.35 bits per heavy atom. The van der Waals surface area contributed by atoms with Gasteiger partial charge in [-0.25, -0.2) is 4.98 Å². The average molecular weight is 277 g/mol. The van der Waals surface area contributed by atoms with Gasteiger partial charge in [0.05, 0.1) is 5.92 Å². The third kappa shape index (κ3) is 3.07. The second kappa shape index (κ2) is 5.90. The molecule has 0 unspecified atom stereocenters. The fraction of sp³-hybridized carbons (Fsp3) is 0.500. The number of rotatable bonds is 3. The Bertz CT molecular complexity index is 508. The number of amides is 1. The molecule has 1 aromatic rings. The Balaban J connectivity index is 2.05. The van der Waals surface area contributed by atoms with E-state index in [2.05, 4.69) is 4.98 Å². The Kier molecular flexibility index (Phi) is 4.22. The highest BCUT2D eigenvalue weighted by atomic mass is 16.4. The molecule has 1 saturated heterocycles. The molecule has 1 aliphatic heterocycles. The van der Waals surface area contributed by atoms with Crippen LogP contribution in [0.25, 0.3) is 0 Å². The van der Waals surface area contributed by atoms with Crippen molar-refractivity contribution in [2.45, 2.75) is 12.8 Å². The number of carboxylic acid groups (broad SMARTS) is 1. The molecule has 0 aliphatic carbocycles. The molecule has 0 atom stereocenters. The highest BCUT2D eigenvalue weighted by Gasteiger charge is 2.27. The van der Waals surface area contributed by atoms with Gasteiger partial charge in [-0.3, -0.25) is 9.59 Å². The zero-order valence-electron chi connectivity index (χ0n) is 11.7. The highest BCUT2D eigenvalue weighted by molar-refractivity contribution is 5.95. The van der Waals surface area contributed by atoms with E-state index in [1.807, 2.05) is 19.0 Å². The maximum Gasteiger partial charge on any atom is 0.306 e. The van der Waals surface area contributed by atoms with Crippen LogP contribution in [0.2, 0.25) is 0 Å². The molecule has 1 aromatic heterocycles. The summed E-state index contributed by atoms with van der Waals surface area (Å²) < 4.78 is 0. The summed E-state index contributed by atoms with van der Waals surface area (Å²) in [6.07, 6.45) is 2.66. The minimum Gasteiger partial charge on any atom is -0.481 e. The number of aromatic nitrogens is 1. The lowest BCUT2D eigenvalue weighted by molar-refractivity contribution is -0.143. The molecule has 1 N–H and O–H groups in total. The molecule has 6 nitrogen and oxygen atoms in total. The predicted octanol–water partition coefficient (Wildman–Crippen LogP) is 1.08. The molecule has 0 saturated carbocycles. The molecule has 6 heteroatoms. The van der Waals surface area contributed by atoms with Crippen molar-refractivity contribution in [1.82, 2.24) is 9.88 Å². The fourth-order valence-corrected chi connectivity index (χ4v) is 2.31. The Morgan fingerprint density at radius 3 is 2.55 bits per heavy atom. The lowest BCUT2D eigenvalue weighted by Crippen LogP contribution is -2.40. The summed E-state index contributed by atoms with van der Waals surface area (Å²) in [7, 11) is 3.74. The van der Waals surface area contributed by atoms with E-state index >= 15 is 0 Å². The smallest absolute Gasteiger partial charge is 0.306 e. The van der Waals surface area contributed by atoms with E-state index in [1.165, 1.54) is 0 Å². The number of aliphatic carboxylic acids is 1. The van der Waals surface area contributed by atoms with Crippen LogP contribution in [-0.4, -0.2) is 54.1 Å². The average Bonchev–Trinajstić information content (AvgIpc) is 2.46. The number of carboxylic acids is 1. The second-order valence-corrected chi connectivity index (χ2v) is 5.20. The molecular weight excluding hydrogens is 258 g/mol. The van der Waals surface area contributed by atoms with E-state index in [9.17, 15) is 9.59 Å². The van der Waals surface area contributed by atoms with Crippen LogP contribution in [0.15, 0.2) is 18.3 Å². The number of anilines is 1. The van der Waals surface area contributed by atoms with Crippen molar-refractivity contribution < 1.29 is 14.7 Å². The summed E-state index contributed by atoms with van der Waals surface area (Å²) in [5, 5.41) is 8.96. The van der Waals surface area contributed by atoms with Crippen LogP contribution in [0.5, 0.6) is 0 Å². The Hall–Kier alpha value is -2.11. The first-order valence-corrected chi connectivity index (χ1v) is 6.64. The summed E-state index contributed by atoms with van der Waals surface area (Å²) in [5.41, 5.74) is 0.595. The van der Waals surface area contributed by atoms with Gasteiger partial charge in [-0.1, -0.05) is 0 Å². The van der Waals surface area contributed by atoms with Gasteiger partial charge in [0, 0.05) is 38.9 Å². The van der Waals surface area contributed by atoms with Gasteiger partial charge >= 0.3 is 5.97 Å². The van der Waals surface area contributed by atoms with Crippen molar-refractivity contribution in [3.63, 3.8) is 0 Å². The van der Waals surface area contributed by atoms with Crippen LogP contribution in [0, 0.1) is 5.92 Å². The standard InChI is InChI=1S/C14H19N3O3/c1-16(2)12-9-11(3-6-15-12)13(18)17-7-4-10(5-8-17)14(19)20/h3,6,9-10H,4-5,7-8H2,1-2H3,(H,19,20). The van der Waals surface area contributed by atoms with Gasteiger partial charge < -0.3 is 14.9 Å². The molecule has 0 aromatic carbocycles. The van der Waals surface area contributed by atoms with Gasteiger partial charge in [-0.15, -0.1) is 0 Å². The maximum absolute atomic E-state index is 12.4. The van der Waals surface area contributed by atoms with Crippen LogP contribution in [0.1, 0.15) is 23.2 Å². The highest BCUT2D eigenvalue weighted by Crippen LogP contribution is 2.20. The molecule has 1 aliphatic rings. The first kappa shape index (κ1) is 14.3. The number of likely N-dealkylation sites (tertiary alicyclic amines) is 1. The van der Waals surface area contributed by atoms with Gasteiger partial charge in [0.1, 0.15) is 5.82 Å². The van der Waals surface area contributed by atoms with Crippen LogP contribution in [-0.2, 0) is 4.79 Å². The Labute approximate surface area is 118 Å². The number of hydrogen-bond donors (Lipinski definition) is 1. The van der Waals surface area contributed by atoms with E-state index in [4.69, 9.17) is 5.11 Å². The fourth-order valence-electron chi connectivity index (χ4n) is 2.31. The van der Waals surface area contributed by atoms with Crippen LogP contribution >= 0.6 is 0 Å². The number of hydrogen-bond acceptors (Lipinski definition) is 4. The van der Waals surface area contributed by atoms with Gasteiger partial charge in [0.25, 0.3) is 5.91 Å². The van der Waals surface area contributed by atoms with Crippen molar-refractivity contribution in [2.24, 2.45) is 5.92 Å². The van der Waals surface area contributed by atoms with Crippen LogP contribution in [0.3, 0.4) is 0 Å². The summed E-state index contributed by atoms with van der Waals surface area (Å²) in [4.78, 5) is 31.0. The van der Waals surface area contributed by atoms with E-state index in [-0.39, 0.29) is 11.8 Å². The summed E-state index contributed by atoms with van der Waals surface area (Å²) in [6.45, 7) is 0.991. The lowest BCUT2D eigenvalue weighted by Gasteiger charge is -2.30. The normalized spacial score (nSPS) is 16.0. The zero-order chi connectivity index (χ0) is 14.7. The molecule has 1 fully saturated rings. The van der Waals surface area contributed by atoms with E-state index in [1.54, 1.807) is 23.2 Å². The van der Waals surface area contributed by atoms with E-state index in [0.717, 1.165) is 5.82 Å². The number of pyridine rings is 1. The van der Waals surface area contributed by atoms with Crippen molar-refractivity contribution >= 4 is 17.7 Å². The van der Waals surface area contributed by atoms with Gasteiger partial charge in [-0.2, -0.15) is 0 Å². The molecule has 0 radical (unpaired) electrons. The minimum atomic E-state index is -0.768. The van der Waals surface area contributed by atoms with Crippen molar-refractivity contribution in [3.05, 3.63) is 23.9 Å². The molecular formula is C14H19N3O3. The lowest BCUT2D eigenvalue weighted by atomic mass is 9.96. The maximum atomic E-state index is 12.4. The van der Waals surface area contributed by atoms with Crippen molar-refractivity contribution in [3.8, 4) is 0 Å². The molecule has 2 rings (SSSR count). The van der Waals surface area contributed by atoms with E-state index < -0.39 is 5.97 Å². The third-order valence-corrected chi connectivity index (χ3v) is 3.58. The quantitative estimate of drug-likeness (QED) is 0.895. The van der Waals surface area contributed by atoms with Crippen LogP contribution in [0.4, 0.5) is 5.82 Å². The number of nitrogens with zero attached hydrogens (tertiary/aromatic N) is 3. The molecule has 0 spiro atoms.